The first kappa shape index (κ1) is 21.8. The first-order valence-corrected chi connectivity index (χ1v) is 10.5. The van der Waals surface area contributed by atoms with Gasteiger partial charge in [0, 0.05) is 37.6 Å². The molecule has 0 bridgehead atoms. The van der Waals surface area contributed by atoms with Gasteiger partial charge in [-0.2, -0.15) is 0 Å². The normalized spacial score (nSPS) is 14.5. The maximum absolute atomic E-state index is 12.3. The zero-order valence-corrected chi connectivity index (χ0v) is 18.4. The molecular formula is C24H32N4O2. The summed E-state index contributed by atoms with van der Waals surface area (Å²) in [5.74, 6) is -0.325. The van der Waals surface area contributed by atoms with Gasteiger partial charge in [-0.3, -0.25) is 14.5 Å². The number of aryl methyl sites for hydroxylation is 4. The standard InChI is InChI=1S/C24H32N4O2/c1-17-6-5-7-21(14-17)28-10-8-27(9-11-28)16-23(30)25-15-22(29)26-24-19(3)12-18(2)13-20(24)4/h5-7,12-14H,8-11,15-16H2,1-4H3,(H,25,30)(H,26,29). The van der Waals surface area contributed by atoms with Crippen molar-refractivity contribution in [3.8, 4) is 0 Å². The van der Waals surface area contributed by atoms with Crippen molar-refractivity contribution in [1.29, 1.82) is 0 Å². The van der Waals surface area contributed by atoms with Crippen LogP contribution < -0.4 is 15.5 Å². The molecule has 3 rings (SSSR count). The fourth-order valence-corrected chi connectivity index (χ4v) is 3.99. The van der Waals surface area contributed by atoms with Gasteiger partial charge in [-0.1, -0.05) is 29.8 Å². The average molecular weight is 409 g/mol. The fraction of sp³-hybridized carbons (Fsp3) is 0.417. The minimum atomic E-state index is -0.206. The van der Waals surface area contributed by atoms with Crippen molar-refractivity contribution in [2.75, 3.05) is 49.5 Å². The molecule has 0 aromatic heterocycles. The minimum absolute atomic E-state index is 0.0190. The predicted molar refractivity (Wildman–Crippen MR) is 122 cm³/mol. The van der Waals surface area contributed by atoms with E-state index in [9.17, 15) is 9.59 Å². The third-order valence-electron chi connectivity index (χ3n) is 5.49. The molecule has 6 heteroatoms. The quantitative estimate of drug-likeness (QED) is 0.772. The van der Waals surface area contributed by atoms with E-state index in [1.807, 2.05) is 32.9 Å². The van der Waals surface area contributed by atoms with E-state index < -0.39 is 0 Å². The lowest BCUT2D eigenvalue weighted by atomic mass is 10.1. The van der Waals surface area contributed by atoms with Gasteiger partial charge >= 0.3 is 0 Å². The summed E-state index contributed by atoms with van der Waals surface area (Å²) in [7, 11) is 0. The van der Waals surface area contributed by atoms with Crippen LogP contribution in [0.3, 0.4) is 0 Å². The zero-order valence-electron chi connectivity index (χ0n) is 18.4. The molecule has 1 aliphatic rings. The zero-order chi connectivity index (χ0) is 21.7. The van der Waals surface area contributed by atoms with Gasteiger partial charge in [0.25, 0.3) is 0 Å². The van der Waals surface area contributed by atoms with Gasteiger partial charge in [-0.25, -0.2) is 0 Å². The first-order chi connectivity index (χ1) is 14.3. The number of nitrogens with zero attached hydrogens (tertiary/aromatic N) is 2. The van der Waals surface area contributed by atoms with Crippen LogP contribution in [-0.4, -0.2) is 56.0 Å². The Hall–Kier alpha value is -2.86. The first-order valence-electron chi connectivity index (χ1n) is 10.5. The Morgan fingerprint density at radius 1 is 0.867 bits per heavy atom. The van der Waals surface area contributed by atoms with E-state index >= 15 is 0 Å². The number of amides is 2. The molecule has 0 radical (unpaired) electrons. The van der Waals surface area contributed by atoms with Crippen LogP contribution >= 0.6 is 0 Å². The summed E-state index contributed by atoms with van der Waals surface area (Å²) < 4.78 is 0. The molecule has 1 fully saturated rings. The predicted octanol–water partition coefficient (Wildman–Crippen LogP) is 2.80. The molecule has 1 saturated heterocycles. The topological polar surface area (TPSA) is 64.7 Å². The van der Waals surface area contributed by atoms with E-state index in [1.165, 1.54) is 16.8 Å². The van der Waals surface area contributed by atoms with Gasteiger partial charge in [-0.05, 0) is 56.5 Å². The summed E-state index contributed by atoms with van der Waals surface area (Å²) in [6.45, 7) is 11.8. The molecule has 0 unspecified atom stereocenters. The Kier molecular flexibility index (Phi) is 7.11. The van der Waals surface area contributed by atoms with Crippen LogP contribution in [0.15, 0.2) is 36.4 Å². The van der Waals surface area contributed by atoms with E-state index in [2.05, 4.69) is 51.6 Å². The van der Waals surface area contributed by atoms with Gasteiger partial charge < -0.3 is 15.5 Å². The lowest BCUT2D eigenvalue weighted by Gasteiger charge is -2.35. The van der Waals surface area contributed by atoms with Crippen molar-refractivity contribution in [3.05, 3.63) is 58.7 Å². The molecule has 0 saturated carbocycles. The number of carbonyl (C=O) groups excluding carboxylic acids is 2. The van der Waals surface area contributed by atoms with Crippen molar-refractivity contribution < 1.29 is 9.59 Å². The Bertz CT molecular complexity index is 894. The maximum atomic E-state index is 12.3. The maximum Gasteiger partial charge on any atom is 0.243 e. The van der Waals surface area contributed by atoms with Crippen LogP contribution in [0.2, 0.25) is 0 Å². The summed E-state index contributed by atoms with van der Waals surface area (Å²) in [5, 5.41) is 5.66. The van der Waals surface area contributed by atoms with E-state index in [0.717, 1.165) is 43.0 Å². The van der Waals surface area contributed by atoms with Crippen LogP contribution in [0.5, 0.6) is 0 Å². The summed E-state index contributed by atoms with van der Waals surface area (Å²) in [6.07, 6.45) is 0. The lowest BCUT2D eigenvalue weighted by molar-refractivity contribution is -0.125. The number of rotatable bonds is 6. The molecule has 2 aromatic rings. The Balaban J connectivity index is 1.42. The Labute approximate surface area is 179 Å². The van der Waals surface area contributed by atoms with Gasteiger partial charge in [0.2, 0.25) is 11.8 Å². The number of anilines is 2. The Morgan fingerprint density at radius 3 is 2.17 bits per heavy atom. The van der Waals surface area contributed by atoms with Crippen LogP contribution in [0.4, 0.5) is 11.4 Å². The van der Waals surface area contributed by atoms with Crippen molar-refractivity contribution >= 4 is 23.2 Å². The van der Waals surface area contributed by atoms with Crippen molar-refractivity contribution in [2.45, 2.75) is 27.7 Å². The second kappa shape index (κ2) is 9.76. The molecule has 160 valence electrons. The molecule has 2 amide bonds. The van der Waals surface area contributed by atoms with Gasteiger partial charge in [0.15, 0.2) is 0 Å². The molecule has 0 atom stereocenters. The van der Waals surface area contributed by atoms with E-state index in [-0.39, 0.29) is 18.4 Å². The van der Waals surface area contributed by atoms with Gasteiger partial charge in [0.05, 0.1) is 13.1 Å². The molecule has 1 aliphatic heterocycles. The minimum Gasteiger partial charge on any atom is -0.369 e. The molecule has 0 aliphatic carbocycles. The fourth-order valence-electron chi connectivity index (χ4n) is 3.99. The van der Waals surface area contributed by atoms with Crippen LogP contribution in [0, 0.1) is 27.7 Å². The van der Waals surface area contributed by atoms with E-state index in [1.54, 1.807) is 0 Å². The SMILES string of the molecule is Cc1cccc(N2CCN(CC(=O)NCC(=O)Nc3c(C)cc(C)cc3C)CC2)c1. The largest absolute Gasteiger partial charge is 0.369 e. The molecule has 0 spiro atoms. The summed E-state index contributed by atoms with van der Waals surface area (Å²) in [5.41, 5.74) is 6.53. The average Bonchev–Trinajstić information content (AvgIpc) is 2.70. The van der Waals surface area contributed by atoms with Crippen LogP contribution in [-0.2, 0) is 9.59 Å². The van der Waals surface area contributed by atoms with Crippen molar-refractivity contribution in [1.82, 2.24) is 10.2 Å². The highest BCUT2D eigenvalue weighted by Crippen LogP contribution is 2.21. The smallest absolute Gasteiger partial charge is 0.243 e. The molecular weight excluding hydrogens is 376 g/mol. The third-order valence-corrected chi connectivity index (χ3v) is 5.49. The number of hydrogen-bond acceptors (Lipinski definition) is 4. The van der Waals surface area contributed by atoms with Gasteiger partial charge in [0.1, 0.15) is 0 Å². The monoisotopic (exact) mass is 408 g/mol. The summed E-state index contributed by atoms with van der Waals surface area (Å²) in [6, 6.07) is 12.6. The number of benzene rings is 2. The molecule has 2 N–H and O–H groups in total. The van der Waals surface area contributed by atoms with E-state index in [0.29, 0.717) is 6.54 Å². The number of carbonyl (C=O) groups is 2. The highest BCUT2D eigenvalue weighted by Gasteiger charge is 2.19. The van der Waals surface area contributed by atoms with E-state index in [4.69, 9.17) is 0 Å². The third kappa shape index (κ3) is 5.83. The lowest BCUT2D eigenvalue weighted by Crippen LogP contribution is -2.50. The highest BCUT2D eigenvalue weighted by atomic mass is 16.2. The second-order valence-electron chi connectivity index (χ2n) is 8.20. The molecule has 2 aromatic carbocycles. The van der Waals surface area contributed by atoms with Crippen molar-refractivity contribution in [2.24, 2.45) is 0 Å². The van der Waals surface area contributed by atoms with Crippen LogP contribution in [0.1, 0.15) is 22.3 Å². The highest BCUT2D eigenvalue weighted by molar-refractivity contribution is 5.96. The second-order valence-corrected chi connectivity index (χ2v) is 8.20. The van der Waals surface area contributed by atoms with Crippen LogP contribution in [0.25, 0.3) is 0 Å². The Morgan fingerprint density at radius 2 is 1.53 bits per heavy atom. The number of hydrogen-bond donors (Lipinski definition) is 2. The summed E-state index contributed by atoms with van der Waals surface area (Å²) >= 11 is 0. The number of piperazine rings is 1. The van der Waals surface area contributed by atoms with Gasteiger partial charge in [-0.15, -0.1) is 0 Å². The molecule has 6 nitrogen and oxygen atoms in total. The molecule has 1 heterocycles. The number of nitrogens with one attached hydrogen (secondary N) is 2. The molecule has 30 heavy (non-hydrogen) atoms. The summed E-state index contributed by atoms with van der Waals surface area (Å²) in [4.78, 5) is 29.1. The van der Waals surface area contributed by atoms with Crippen molar-refractivity contribution in [3.63, 3.8) is 0 Å².